The van der Waals surface area contributed by atoms with E-state index in [1.807, 2.05) is 20.8 Å². The summed E-state index contributed by atoms with van der Waals surface area (Å²) in [6.45, 7) is 5.85. The van der Waals surface area contributed by atoms with Crippen molar-refractivity contribution in [1.82, 2.24) is 0 Å². The maximum Gasteiger partial charge on any atom is 0.344 e. The van der Waals surface area contributed by atoms with E-state index >= 15 is 0 Å². The molecule has 23 heavy (non-hydrogen) atoms. The minimum Gasteiger partial charge on any atom is -0.508 e. The Balaban J connectivity index is 0.00000127. The van der Waals surface area contributed by atoms with Gasteiger partial charge in [-0.3, -0.25) is 0 Å². The van der Waals surface area contributed by atoms with E-state index in [0.717, 1.165) is 0 Å². The normalized spacial score (nSPS) is 11.0. The van der Waals surface area contributed by atoms with Gasteiger partial charge >= 0.3 is 5.63 Å². The zero-order valence-electron chi connectivity index (χ0n) is 13.9. The van der Waals surface area contributed by atoms with Crippen molar-refractivity contribution in [1.29, 1.82) is 0 Å². The summed E-state index contributed by atoms with van der Waals surface area (Å²) in [7, 11) is 1.57. The molecule has 0 atom stereocenters. The first-order valence-corrected chi connectivity index (χ1v) is 7.46. The minimum atomic E-state index is -0.428. The van der Waals surface area contributed by atoms with Crippen molar-refractivity contribution in [2.24, 2.45) is 0 Å². The first-order valence-electron chi connectivity index (χ1n) is 7.46. The van der Waals surface area contributed by atoms with Crippen LogP contribution < -0.4 is 5.63 Å². The van der Waals surface area contributed by atoms with Crippen LogP contribution in [0.1, 0.15) is 26.5 Å². The smallest absolute Gasteiger partial charge is 0.344 e. The highest BCUT2D eigenvalue weighted by Crippen LogP contribution is 2.19. The van der Waals surface area contributed by atoms with E-state index in [4.69, 9.17) is 9.15 Å². The fraction of sp³-hybridized carbons (Fsp3) is 0.211. The molecular weight excluding hydrogens is 292 g/mol. The lowest BCUT2D eigenvalue weighted by Crippen LogP contribution is -2.02. The second-order valence-electron chi connectivity index (χ2n) is 4.31. The Morgan fingerprint density at radius 3 is 2.30 bits per heavy atom. The van der Waals surface area contributed by atoms with Crippen molar-refractivity contribution in [2.45, 2.75) is 20.8 Å². The molecule has 0 fully saturated rings. The summed E-state index contributed by atoms with van der Waals surface area (Å²) in [5.74, 6) is 1.28. The lowest BCUT2D eigenvalue weighted by atomic mass is 10.1. The molecule has 0 saturated heterocycles. The molecule has 0 unspecified atom stereocenters. The van der Waals surface area contributed by atoms with Crippen LogP contribution in [0.3, 0.4) is 0 Å². The van der Waals surface area contributed by atoms with Crippen molar-refractivity contribution in [3.8, 4) is 16.9 Å². The van der Waals surface area contributed by atoms with E-state index in [2.05, 4.69) is 0 Å². The van der Waals surface area contributed by atoms with Crippen LogP contribution in [0.4, 0.5) is 0 Å². The first-order chi connectivity index (χ1) is 11.1. The molecule has 0 bridgehead atoms. The van der Waals surface area contributed by atoms with Gasteiger partial charge in [-0.1, -0.05) is 26.0 Å². The van der Waals surface area contributed by atoms with Crippen molar-refractivity contribution in [3.63, 3.8) is 0 Å². The third-order valence-electron chi connectivity index (χ3n) is 2.96. The molecule has 0 radical (unpaired) electrons. The molecule has 4 heteroatoms. The van der Waals surface area contributed by atoms with E-state index in [9.17, 15) is 9.90 Å². The lowest BCUT2D eigenvalue weighted by Gasteiger charge is -2.01. The average molecular weight is 314 g/mol. The summed E-state index contributed by atoms with van der Waals surface area (Å²) in [5, 5.41) is 9.26. The molecule has 2 rings (SSSR count). The molecule has 0 spiro atoms. The summed E-state index contributed by atoms with van der Waals surface area (Å²) in [6, 6.07) is 9.79. The van der Waals surface area contributed by atoms with Crippen LogP contribution >= 0.6 is 0 Å². The van der Waals surface area contributed by atoms with E-state index in [0.29, 0.717) is 22.6 Å². The zero-order valence-corrected chi connectivity index (χ0v) is 13.9. The molecule has 1 aromatic heterocycles. The summed E-state index contributed by atoms with van der Waals surface area (Å²) < 4.78 is 10.3. The highest BCUT2D eigenvalue weighted by Gasteiger charge is 2.05. The van der Waals surface area contributed by atoms with Crippen molar-refractivity contribution in [3.05, 3.63) is 70.5 Å². The highest BCUT2D eigenvalue weighted by molar-refractivity contribution is 5.63. The maximum absolute atomic E-state index is 12.0. The fourth-order valence-electron chi connectivity index (χ4n) is 1.82. The molecule has 0 aliphatic heterocycles. The van der Waals surface area contributed by atoms with Crippen LogP contribution in [0, 0.1) is 0 Å². The molecule has 1 heterocycles. The molecule has 1 N–H and O–H groups in total. The van der Waals surface area contributed by atoms with Gasteiger partial charge in [0, 0.05) is 0 Å². The zero-order chi connectivity index (χ0) is 17.2. The molecule has 1 aromatic carbocycles. The van der Waals surface area contributed by atoms with Crippen LogP contribution in [0.25, 0.3) is 17.2 Å². The molecule has 0 amide bonds. The Bertz CT molecular complexity index is 722. The predicted octanol–water partition coefficient (Wildman–Crippen LogP) is 4.60. The molecule has 4 nitrogen and oxygen atoms in total. The largest absolute Gasteiger partial charge is 0.508 e. The number of benzene rings is 1. The van der Waals surface area contributed by atoms with Crippen molar-refractivity contribution >= 4 is 6.08 Å². The van der Waals surface area contributed by atoms with Gasteiger partial charge < -0.3 is 14.3 Å². The van der Waals surface area contributed by atoms with Gasteiger partial charge in [0.15, 0.2) is 0 Å². The fourth-order valence-corrected chi connectivity index (χ4v) is 1.82. The molecule has 0 aliphatic carbocycles. The van der Waals surface area contributed by atoms with E-state index in [1.165, 1.54) is 12.1 Å². The summed E-state index contributed by atoms with van der Waals surface area (Å²) in [5.41, 5.74) is 0.718. The SMILES string of the molecule is C/C=C(\C=C/c1ccc(-c2ccc(O)cc2)c(=O)o1)OC.CC. The van der Waals surface area contributed by atoms with Crippen molar-refractivity contribution in [2.75, 3.05) is 7.11 Å². The Morgan fingerprint density at radius 1 is 1.13 bits per heavy atom. The molecule has 122 valence electrons. The monoisotopic (exact) mass is 314 g/mol. The van der Waals surface area contributed by atoms with Gasteiger partial charge in [0.05, 0.1) is 12.7 Å². The second-order valence-corrected chi connectivity index (χ2v) is 4.31. The highest BCUT2D eigenvalue weighted by atomic mass is 16.5. The Labute approximate surface area is 136 Å². The molecular formula is C19H22O4. The van der Waals surface area contributed by atoms with Crippen LogP contribution in [-0.4, -0.2) is 12.2 Å². The van der Waals surface area contributed by atoms with Crippen LogP contribution in [0.15, 0.2) is 63.5 Å². The van der Waals surface area contributed by atoms with Crippen molar-refractivity contribution < 1.29 is 14.3 Å². The number of rotatable bonds is 4. The average Bonchev–Trinajstić information content (AvgIpc) is 2.59. The number of aromatic hydroxyl groups is 1. The number of ether oxygens (including phenoxy) is 1. The van der Waals surface area contributed by atoms with E-state index in [-0.39, 0.29) is 5.75 Å². The molecule has 2 aromatic rings. The van der Waals surface area contributed by atoms with Gasteiger partial charge in [-0.2, -0.15) is 0 Å². The number of methoxy groups -OCH3 is 1. The van der Waals surface area contributed by atoms with Gasteiger partial charge in [0.1, 0.15) is 17.3 Å². The number of hydrogen-bond acceptors (Lipinski definition) is 4. The summed E-state index contributed by atoms with van der Waals surface area (Å²) in [6.07, 6.45) is 5.19. The number of hydrogen-bond donors (Lipinski definition) is 1. The second kappa shape index (κ2) is 9.30. The number of allylic oxidation sites excluding steroid dienone is 2. The van der Waals surface area contributed by atoms with Gasteiger partial charge in [0.25, 0.3) is 0 Å². The molecule has 0 aliphatic rings. The van der Waals surface area contributed by atoms with Gasteiger partial charge in [-0.05, 0) is 55.0 Å². The van der Waals surface area contributed by atoms with E-state index < -0.39 is 5.63 Å². The third kappa shape index (κ3) is 5.18. The van der Waals surface area contributed by atoms with E-state index in [1.54, 1.807) is 49.6 Å². The Hall–Kier alpha value is -2.75. The van der Waals surface area contributed by atoms with Crippen LogP contribution in [0.5, 0.6) is 5.75 Å². The summed E-state index contributed by atoms with van der Waals surface area (Å²) >= 11 is 0. The van der Waals surface area contributed by atoms with Gasteiger partial charge in [-0.15, -0.1) is 0 Å². The quantitative estimate of drug-likeness (QED) is 0.661. The maximum atomic E-state index is 12.0. The third-order valence-corrected chi connectivity index (χ3v) is 2.96. The lowest BCUT2D eigenvalue weighted by molar-refractivity contribution is 0.306. The number of phenols is 1. The Kier molecular flexibility index (Phi) is 7.40. The van der Waals surface area contributed by atoms with Crippen LogP contribution in [0.2, 0.25) is 0 Å². The van der Waals surface area contributed by atoms with Crippen LogP contribution in [-0.2, 0) is 4.74 Å². The molecule has 0 saturated carbocycles. The number of phenolic OH excluding ortho intramolecular Hbond substituents is 1. The van der Waals surface area contributed by atoms with Gasteiger partial charge in [0.2, 0.25) is 0 Å². The van der Waals surface area contributed by atoms with Gasteiger partial charge in [-0.25, -0.2) is 4.79 Å². The first kappa shape index (κ1) is 18.3. The Morgan fingerprint density at radius 2 is 1.78 bits per heavy atom. The minimum absolute atomic E-state index is 0.154. The topological polar surface area (TPSA) is 59.7 Å². The standard InChI is InChI=1S/C17H16O4.C2H6/c1-3-14(20-2)8-9-15-10-11-16(17(19)21-15)12-4-6-13(18)7-5-12;1-2/h3-11,18H,1-2H3;1-2H3/b9-8-,14-3+;. The predicted molar refractivity (Wildman–Crippen MR) is 93.2 cm³/mol. The summed E-state index contributed by atoms with van der Waals surface area (Å²) in [4.78, 5) is 12.0.